The molecular formula is C13H18N2O. The largest absolute Gasteiger partial charge is 0.355 e. The van der Waals surface area contributed by atoms with Gasteiger partial charge in [0.2, 0.25) is 0 Å². The van der Waals surface area contributed by atoms with Gasteiger partial charge in [-0.15, -0.1) is 0 Å². The van der Waals surface area contributed by atoms with Gasteiger partial charge in [0, 0.05) is 25.2 Å². The van der Waals surface area contributed by atoms with Gasteiger partial charge >= 0.3 is 0 Å². The van der Waals surface area contributed by atoms with Crippen LogP contribution in [0, 0.1) is 0 Å². The maximum atomic E-state index is 11.4. The van der Waals surface area contributed by atoms with Gasteiger partial charge in [-0.05, 0) is 37.0 Å². The van der Waals surface area contributed by atoms with Crippen molar-refractivity contribution in [2.75, 3.05) is 13.6 Å². The molecule has 1 aromatic rings. The zero-order valence-corrected chi connectivity index (χ0v) is 9.79. The van der Waals surface area contributed by atoms with Gasteiger partial charge in [-0.3, -0.25) is 4.79 Å². The van der Waals surface area contributed by atoms with Crippen LogP contribution in [0.4, 0.5) is 0 Å². The van der Waals surface area contributed by atoms with Gasteiger partial charge in [0.15, 0.2) is 0 Å². The third-order valence-corrected chi connectivity index (χ3v) is 3.22. The quantitative estimate of drug-likeness (QED) is 0.790. The Morgan fingerprint density at radius 1 is 1.38 bits per heavy atom. The van der Waals surface area contributed by atoms with Crippen LogP contribution in [0.2, 0.25) is 0 Å². The highest BCUT2D eigenvalue weighted by atomic mass is 16.1. The number of hydrogen-bond donors (Lipinski definition) is 2. The second-order valence-corrected chi connectivity index (χ2v) is 4.44. The fraction of sp³-hybridized carbons (Fsp3) is 0.462. The average molecular weight is 218 g/mol. The molecule has 16 heavy (non-hydrogen) atoms. The molecule has 3 heteroatoms. The van der Waals surface area contributed by atoms with Crippen molar-refractivity contribution in [2.45, 2.75) is 25.3 Å². The van der Waals surface area contributed by atoms with Gasteiger partial charge < -0.3 is 10.6 Å². The predicted octanol–water partition coefficient (Wildman–Crippen LogP) is 1.51. The number of hydrogen-bond acceptors (Lipinski definition) is 2. The van der Waals surface area contributed by atoms with Crippen LogP contribution >= 0.6 is 0 Å². The molecule has 1 aliphatic heterocycles. The van der Waals surface area contributed by atoms with Crippen molar-refractivity contribution in [2.24, 2.45) is 0 Å². The average Bonchev–Trinajstić information content (AvgIpc) is 2.75. The SMILES string of the molecule is CNC(=O)c1ccc(C2CNC(C)C2)cc1. The summed E-state index contributed by atoms with van der Waals surface area (Å²) in [4.78, 5) is 11.4. The van der Waals surface area contributed by atoms with Gasteiger partial charge in [-0.25, -0.2) is 0 Å². The van der Waals surface area contributed by atoms with Gasteiger partial charge in [-0.2, -0.15) is 0 Å². The van der Waals surface area contributed by atoms with Crippen LogP contribution in [0.3, 0.4) is 0 Å². The van der Waals surface area contributed by atoms with Gasteiger partial charge in [0.25, 0.3) is 5.91 Å². The third kappa shape index (κ3) is 2.25. The fourth-order valence-corrected chi connectivity index (χ4v) is 2.24. The molecule has 0 radical (unpaired) electrons. The molecular weight excluding hydrogens is 200 g/mol. The van der Waals surface area contributed by atoms with Crippen molar-refractivity contribution in [1.82, 2.24) is 10.6 Å². The van der Waals surface area contributed by atoms with Crippen LogP contribution in [-0.4, -0.2) is 25.5 Å². The Bertz CT molecular complexity index is 372. The molecule has 1 fully saturated rings. The standard InChI is InChI=1S/C13H18N2O/c1-9-7-12(8-15-9)10-3-5-11(6-4-10)13(16)14-2/h3-6,9,12,15H,7-8H2,1-2H3,(H,14,16). The minimum atomic E-state index is -0.0236. The number of benzene rings is 1. The van der Waals surface area contributed by atoms with E-state index in [0.29, 0.717) is 12.0 Å². The topological polar surface area (TPSA) is 41.1 Å². The molecule has 2 unspecified atom stereocenters. The predicted molar refractivity (Wildman–Crippen MR) is 64.7 cm³/mol. The first-order chi connectivity index (χ1) is 7.70. The molecule has 3 nitrogen and oxygen atoms in total. The Labute approximate surface area is 96.2 Å². The van der Waals surface area contributed by atoms with E-state index in [9.17, 15) is 4.79 Å². The van der Waals surface area contributed by atoms with Crippen molar-refractivity contribution >= 4 is 5.91 Å². The van der Waals surface area contributed by atoms with Crippen LogP contribution in [-0.2, 0) is 0 Å². The summed E-state index contributed by atoms with van der Waals surface area (Å²) < 4.78 is 0. The monoisotopic (exact) mass is 218 g/mol. The minimum absolute atomic E-state index is 0.0236. The minimum Gasteiger partial charge on any atom is -0.355 e. The van der Waals surface area contributed by atoms with Crippen LogP contribution < -0.4 is 10.6 Å². The van der Waals surface area contributed by atoms with Crippen LogP contribution in [0.25, 0.3) is 0 Å². The molecule has 2 atom stereocenters. The molecule has 0 spiro atoms. The number of carbonyl (C=O) groups excluding carboxylic acids is 1. The van der Waals surface area contributed by atoms with E-state index in [0.717, 1.165) is 12.1 Å². The number of rotatable bonds is 2. The lowest BCUT2D eigenvalue weighted by Crippen LogP contribution is -2.17. The van der Waals surface area contributed by atoms with Crippen LogP contribution in [0.1, 0.15) is 35.2 Å². The maximum Gasteiger partial charge on any atom is 0.251 e. The van der Waals surface area contributed by atoms with Crippen molar-refractivity contribution in [3.8, 4) is 0 Å². The van der Waals surface area contributed by atoms with Crippen molar-refractivity contribution in [1.29, 1.82) is 0 Å². The molecule has 0 saturated carbocycles. The first kappa shape index (κ1) is 11.1. The summed E-state index contributed by atoms with van der Waals surface area (Å²) in [6.07, 6.45) is 1.18. The first-order valence-corrected chi connectivity index (χ1v) is 5.76. The van der Waals surface area contributed by atoms with E-state index >= 15 is 0 Å². The highest BCUT2D eigenvalue weighted by molar-refractivity contribution is 5.93. The van der Waals surface area contributed by atoms with E-state index in [1.165, 1.54) is 12.0 Å². The van der Waals surface area contributed by atoms with Gasteiger partial charge in [-0.1, -0.05) is 12.1 Å². The Morgan fingerprint density at radius 2 is 2.06 bits per heavy atom. The van der Waals surface area contributed by atoms with Crippen LogP contribution in [0.5, 0.6) is 0 Å². The Kier molecular flexibility index (Phi) is 3.25. The van der Waals surface area contributed by atoms with E-state index in [1.54, 1.807) is 7.05 Å². The van der Waals surface area contributed by atoms with Gasteiger partial charge in [0.1, 0.15) is 0 Å². The van der Waals surface area contributed by atoms with E-state index in [1.807, 2.05) is 12.1 Å². The summed E-state index contributed by atoms with van der Waals surface area (Å²) in [6, 6.07) is 8.53. The van der Waals surface area contributed by atoms with E-state index < -0.39 is 0 Å². The smallest absolute Gasteiger partial charge is 0.251 e. The molecule has 2 rings (SSSR count). The molecule has 0 bridgehead atoms. The lowest BCUT2D eigenvalue weighted by atomic mass is 9.96. The fourth-order valence-electron chi connectivity index (χ4n) is 2.24. The number of nitrogens with one attached hydrogen (secondary N) is 2. The van der Waals surface area contributed by atoms with E-state index in [-0.39, 0.29) is 5.91 Å². The van der Waals surface area contributed by atoms with Crippen molar-refractivity contribution in [3.63, 3.8) is 0 Å². The zero-order chi connectivity index (χ0) is 11.5. The van der Waals surface area contributed by atoms with Gasteiger partial charge in [0.05, 0.1) is 0 Å². The summed E-state index contributed by atoms with van der Waals surface area (Å²) in [7, 11) is 1.65. The van der Waals surface area contributed by atoms with E-state index in [2.05, 4.69) is 29.7 Å². The molecule has 86 valence electrons. The lowest BCUT2D eigenvalue weighted by Gasteiger charge is -2.09. The Hall–Kier alpha value is -1.35. The Balaban J connectivity index is 2.10. The number of carbonyl (C=O) groups is 1. The zero-order valence-electron chi connectivity index (χ0n) is 9.79. The molecule has 1 aliphatic rings. The molecule has 1 aromatic carbocycles. The third-order valence-electron chi connectivity index (χ3n) is 3.22. The maximum absolute atomic E-state index is 11.4. The second kappa shape index (κ2) is 4.66. The molecule has 2 N–H and O–H groups in total. The van der Waals surface area contributed by atoms with Crippen molar-refractivity contribution in [3.05, 3.63) is 35.4 Å². The summed E-state index contributed by atoms with van der Waals surface area (Å²) in [6.45, 7) is 3.25. The summed E-state index contributed by atoms with van der Waals surface area (Å²) >= 11 is 0. The summed E-state index contributed by atoms with van der Waals surface area (Å²) in [5.74, 6) is 0.568. The lowest BCUT2D eigenvalue weighted by molar-refractivity contribution is 0.0963. The highest BCUT2D eigenvalue weighted by Crippen LogP contribution is 2.25. The molecule has 1 heterocycles. The summed E-state index contributed by atoms with van der Waals surface area (Å²) in [5, 5.41) is 6.06. The second-order valence-electron chi connectivity index (χ2n) is 4.44. The molecule has 0 aliphatic carbocycles. The van der Waals surface area contributed by atoms with Crippen molar-refractivity contribution < 1.29 is 4.79 Å². The number of amides is 1. The summed E-state index contributed by atoms with van der Waals surface area (Å²) in [5.41, 5.74) is 2.05. The molecule has 1 amide bonds. The van der Waals surface area contributed by atoms with Crippen LogP contribution in [0.15, 0.2) is 24.3 Å². The normalized spacial score (nSPS) is 24.4. The highest BCUT2D eigenvalue weighted by Gasteiger charge is 2.21. The van der Waals surface area contributed by atoms with E-state index in [4.69, 9.17) is 0 Å². The molecule has 1 saturated heterocycles. The molecule has 0 aromatic heterocycles. The Morgan fingerprint density at radius 3 is 2.56 bits per heavy atom. The first-order valence-electron chi connectivity index (χ1n) is 5.76.